The van der Waals surface area contributed by atoms with Gasteiger partial charge >= 0.3 is 11.9 Å². The SMILES string of the molecule is C/C=C(\C(=O)OC)c1cc(O)c(C(=O)OC)[nH]1. The van der Waals surface area contributed by atoms with Crippen molar-refractivity contribution in [1.82, 2.24) is 4.98 Å². The number of hydrogen-bond donors (Lipinski definition) is 2. The number of esters is 2. The number of H-pyrrole nitrogens is 1. The number of allylic oxidation sites excluding steroid dienone is 1. The Kier molecular flexibility index (Phi) is 3.92. The van der Waals surface area contributed by atoms with Gasteiger partial charge in [0, 0.05) is 6.07 Å². The maximum atomic E-state index is 11.4. The van der Waals surface area contributed by atoms with Gasteiger partial charge in [0.05, 0.1) is 25.5 Å². The molecule has 1 rings (SSSR count). The quantitative estimate of drug-likeness (QED) is 0.608. The molecule has 0 saturated heterocycles. The number of aromatic amines is 1. The zero-order chi connectivity index (χ0) is 13.0. The highest BCUT2D eigenvalue weighted by atomic mass is 16.5. The van der Waals surface area contributed by atoms with Gasteiger partial charge in [-0.25, -0.2) is 9.59 Å². The fourth-order valence-corrected chi connectivity index (χ4v) is 1.34. The number of carbonyl (C=O) groups is 2. The summed E-state index contributed by atoms with van der Waals surface area (Å²) < 4.78 is 9.03. The van der Waals surface area contributed by atoms with Gasteiger partial charge in [0.15, 0.2) is 5.69 Å². The van der Waals surface area contributed by atoms with Crippen molar-refractivity contribution in [2.24, 2.45) is 0 Å². The van der Waals surface area contributed by atoms with E-state index in [0.29, 0.717) is 0 Å². The molecule has 92 valence electrons. The van der Waals surface area contributed by atoms with Gasteiger partial charge in [-0.3, -0.25) is 0 Å². The van der Waals surface area contributed by atoms with E-state index in [4.69, 9.17) is 0 Å². The summed E-state index contributed by atoms with van der Waals surface area (Å²) in [6.45, 7) is 1.64. The van der Waals surface area contributed by atoms with Gasteiger partial charge in [0.1, 0.15) is 5.75 Å². The van der Waals surface area contributed by atoms with Crippen molar-refractivity contribution in [2.45, 2.75) is 6.92 Å². The number of aromatic hydroxyl groups is 1. The van der Waals surface area contributed by atoms with E-state index in [9.17, 15) is 14.7 Å². The van der Waals surface area contributed by atoms with Crippen LogP contribution in [0.25, 0.3) is 5.57 Å². The molecule has 1 heterocycles. The average molecular weight is 239 g/mol. The maximum absolute atomic E-state index is 11.4. The van der Waals surface area contributed by atoms with E-state index in [1.807, 2.05) is 0 Å². The lowest BCUT2D eigenvalue weighted by atomic mass is 10.2. The Morgan fingerprint density at radius 1 is 1.35 bits per heavy atom. The average Bonchev–Trinajstić information content (AvgIpc) is 2.70. The molecule has 0 spiro atoms. The summed E-state index contributed by atoms with van der Waals surface area (Å²) in [5.74, 6) is -1.56. The van der Waals surface area contributed by atoms with Crippen LogP contribution in [0.1, 0.15) is 23.1 Å². The zero-order valence-electron chi connectivity index (χ0n) is 9.73. The van der Waals surface area contributed by atoms with Crippen molar-refractivity contribution >= 4 is 17.5 Å². The van der Waals surface area contributed by atoms with E-state index in [-0.39, 0.29) is 22.7 Å². The van der Waals surface area contributed by atoms with Crippen molar-refractivity contribution in [3.05, 3.63) is 23.5 Å². The third-order valence-electron chi connectivity index (χ3n) is 2.17. The molecule has 0 radical (unpaired) electrons. The summed E-state index contributed by atoms with van der Waals surface area (Å²) in [5, 5.41) is 9.52. The van der Waals surface area contributed by atoms with Crippen LogP contribution in [0.3, 0.4) is 0 Å². The summed E-state index contributed by atoms with van der Waals surface area (Å²) in [6.07, 6.45) is 1.51. The van der Waals surface area contributed by atoms with Crippen LogP contribution in [0.4, 0.5) is 0 Å². The second-order valence-corrected chi connectivity index (χ2v) is 3.13. The third-order valence-corrected chi connectivity index (χ3v) is 2.17. The van der Waals surface area contributed by atoms with E-state index in [1.165, 1.54) is 26.4 Å². The minimum Gasteiger partial charge on any atom is -0.505 e. The van der Waals surface area contributed by atoms with Crippen molar-refractivity contribution in [3.8, 4) is 5.75 Å². The molecule has 0 bridgehead atoms. The van der Waals surface area contributed by atoms with Crippen LogP contribution in [-0.2, 0) is 14.3 Å². The van der Waals surface area contributed by atoms with E-state index in [2.05, 4.69) is 14.5 Å². The Labute approximate surface area is 97.8 Å². The molecule has 1 aromatic heterocycles. The summed E-state index contributed by atoms with van der Waals surface area (Å²) >= 11 is 0. The van der Waals surface area contributed by atoms with Gasteiger partial charge in [0.25, 0.3) is 0 Å². The van der Waals surface area contributed by atoms with Crippen molar-refractivity contribution in [2.75, 3.05) is 14.2 Å². The molecule has 17 heavy (non-hydrogen) atoms. The summed E-state index contributed by atoms with van der Waals surface area (Å²) in [7, 11) is 2.44. The predicted molar refractivity (Wildman–Crippen MR) is 59.5 cm³/mol. The van der Waals surface area contributed by atoms with Crippen LogP contribution in [0, 0.1) is 0 Å². The van der Waals surface area contributed by atoms with Gasteiger partial charge in [-0.2, -0.15) is 0 Å². The minimum absolute atomic E-state index is 0.106. The third kappa shape index (κ3) is 2.47. The van der Waals surface area contributed by atoms with Crippen LogP contribution in [0.5, 0.6) is 5.75 Å². The molecule has 0 atom stereocenters. The van der Waals surface area contributed by atoms with Crippen LogP contribution in [0.2, 0.25) is 0 Å². The van der Waals surface area contributed by atoms with E-state index in [0.717, 1.165) is 0 Å². The first-order valence-corrected chi connectivity index (χ1v) is 4.80. The summed E-state index contributed by atoms with van der Waals surface area (Å²) in [6, 6.07) is 1.26. The molecule has 6 heteroatoms. The Bertz CT molecular complexity index is 472. The van der Waals surface area contributed by atoms with Gasteiger partial charge in [-0.1, -0.05) is 6.08 Å². The van der Waals surface area contributed by atoms with Gasteiger partial charge in [-0.05, 0) is 6.92 Å². The van der Waals surface area contributed by atoms with Crippen molar-refractivity contribution in [1.29, 1.82) is 0 Å². The normalized spacial score (nSPS) is 11.1. The van der Waals surface area contributed by atoms with Crippen LogP contribution in [0.15, 0.2) is 12.1 Å². The number of rotatable bonds is 3. The fraction of sp³-hybridized carbons (Fsp3) is 0.273. The molecule has 0 fully saturated rings. The van der Waals surface area contributed by atoms with Gasteiger partial charge in [0.2, 0.25) is 0 Å². The molecule has 0 amide bonds. The van der Waals surface area contributed by atoms with Gasteiger partial charge < -0.3 is 19.6 Å². The maximum Gasteiger partial charge on any atom is 0.358 e. The summed E-state index contributed by atoms with van der Waals surface area (Å²) in [4.78, 5) is 25.2. The molecular weight excluding hydrogens is 226 g/mol. The first kappa shape index (κ1) is 12.8. The highest BCUT2D eigenvalue weighted by molar-refractivity contribution is 6.16. The second kappa shape index (κ2) is 5.20. The molecule has 0 aliphatic carbocycles. The van der Waals surface area contributed by atoms with Gasteiger partial charge in [-0.15, -0.1) is 0 Å². The molecule has 6 nitrogen and oxygen atoms in total. The van der Waals surface area contributed by atoms with E-state index >= 15 is 0 Å². The number of aromatic nitrogens is 1. The number of hydrogen-bond acceptors (Lipinski definition) is 5. The minimum atomic E-state index is -0.714. The number of ether oxygens (including phenoxy) is 2. The monoisotopic (exact) mass is 239 g/mol. The van der Waals surface area contributed by atoms with Crippen LogP contribution in [-0.4, -0.2) is 36.2 Å². The number of methoxy groups -OCH3 is 2. The highest BCUT2D eigenvalue weighted by Gasteiger charge is 2.20. The molecular formula is C11H13NO5. The second-order valence-electron chi connectivity index (χ2n) is 3.13. The Morgan fingerprint density at radius 2 is 2.00 bits per heavy atom. The first-order valence-electron chi connectivity index (χ1n) is 4.80. The Balaban J connectivity index is 3.17. The first-order chi connectivity index (χ1) is 8.04. The molecule has 0 aromatic carbocycles. The molecule has 2 N–H and O–H groups in total. The molecule has 0 saturated carbocycles. The van der Waals surface area contributed by atoms with Crippen molar-refractivity contribution < 1.29 is 24.2 Å². The lowest BCUT2D eigenvalue weighted by molar-refractivity contribution is -0.133. The predicted octanol–water partition coefficient (Wildman–Crippen LogP) is 1.08. The Morgan fingerprint density at radius 3 is 2.47 bits per heavy atom. The lowest BCUT2D eigenvalue weighted by Gasteiger charge is -2.01. The smallest absolute Gasteiger partial charge is 0.358 e. The topological polar surface area (TPSA) is 88.6 Å². The zero-order valence-corrected chi connectivity index (χ0v) is 9.73. The number of nitrogens with one attached hydrogen (secondary N) is 1. The summed E-state index contributed by atoms with van der Waals surface area (Å²) in [5.41, 5.74) is 0.404. The van der Waals surface area contributed by atoms with Crippen LogP contribution < -0.4 is 0 Å². The van der Waals surface area contributed by atoms with E-state index in [1.54, 1.807) is 6.92 Å². The van der Waals surface area contributed by atoms with Crippen LogP contribution >= 0.6 is 0 Å². The molecule has 0 unspecified atom stereocenters. The lowest BCUT2D eigenvalue weighted by Crippen LogP contribution is -2.05. The highest BCUT2D eigenvalue weighted by Crippen LogP contribution is 2.24. The molecule has 0 aliphatic heterocycles. The van der Waals surface area contributed by atoms with Crippen molar-refractivity contribution in [3.63, 3.8) is 0 Å². The number of carbonyl (C=O) groups excluding carboxylic acids is 2. The fourth-order valence-electron chi connectivity index (χ4n) is 1.34. The Hall–Kier alpha value is -2.24. The molecule has 1 aromatic rings. The molecule has 0 aliphatic rings. The standard InChI is InChI=1S/C11H13NO5/c1-4-6(10(14)16-2)7-5-8(13)9(12-7)11(15)17-3/h4-5,12-13H,1-3H3/b6-4-. The largest absolute Gasteiger partial charge is 0.505 e. The van der Waals surface area contributed by atoms with E-state index < -0.39 is 11.9 Å².